The predicted molar refractivity (Wildman–Crippen MR) is 130 cm³/mol. The number of aromatic nitrogens is 1. The van der Waals surface area contributed by atoms with Crippen LogP contribution in [-0.2, 0) is 17.8 Å². The molecule has 0 unspecified atom stereocenters. The van der Waals surface area contributed by atoms with Crippen molar-refractivity contribution in [2.45, 2.75) is 51.9 Å². The lowest BCUT2D eigenvalue weighted by Gasteiger charge is -2.28. The maximum Gasteiger partial charge on any atom is 0.273 e. The highest BCUT2D eigenvalue weighted by Gasteiger charge is 2.22. The molecule has 7 nitrogen and oxygen atoms in total. The van der Waals surface area contributed by atoms with Gasteiger partial charge in [0.2, 0.25) is 5.89 Å². The molecule has 34 heavy (non-hydrogen) atoms. The zero-order valence-electron chi connectivity index (χ0n) is 19.9. The summed E-state index contributed by atoms with van der Waals surface area (Å²) in [4.78, 5) is 19.3. The topological polar surface area (TPSA) is 76.8 Å². The lowest BCUT2D eigenvalue weighted by molar-refractivity contribution is 0.0853. The number of hydrogen-bond donors (Lipinski definition) is 1. The van der Waals surface area contributed by atoms with Gasteiger partial charge >= 0.3 is 0 Å². The second-order valence-electron chi connectivity index (χ2n) is 8.54. The maximum absolute atomic E-state index is 12.5. The molecule has 3 aromatic rings. The number of ether oxygens (including phenoxy) is 2. The van der Waals surface area contributed by atoms with Crippen LogP contribution in [-0.4, -0.2) is 41.7 Å². The highest BCUT2D eigenvalue weighted by molar-refractivity contribution is 5.91. The molecule has 1 aromatic heterocycles. The van der Waals surface area contributed by atoms with Crippen LogP contribution < -0.4 is 10.1 Å². The summed E-state index contributed by atoms with van der Waals surface area (Å²) in [6.07, 6.45) is 3.54. The minimum atomic E-state index is -0.236. The van der Waals surface area contributed by atoms with Crippen LogP contribution in [0.1, 0.15) is 60.2 Å². The summed E-state index contributed by atoms with van der Waals surface area (Å²) in [7, 11) is 0. The lowest BCUT2D eigenvalue weighted by Crippen LogP contribution is -2.32. The Morgan fingerprint density at radius 1 is 1.18 bits per heavy atom. The first-order valence-corrected chi connectivity index (χ1v) is 12.0. The van der Waals surface area contributed by atoms with Gasteiger partial charge in [-0.1, -0.05) is 42.5 Å². The van der Waals surface area contributed by atoms with Crippen molar-refractivity contribution in [3.05, 3.63) is 83.6 Å². The molecule has 1 aliphatic rings. The fraction of sp³-hybridized carbons (Fsp3) is 0.407. The van der Waals surface area contributed by atoms with Gasteiger partial charge < -0.3 is 19.2 Å². The zero-order valence-corrected chi connectivity index (χ0v) is 19.9. The van der Waals surface area contributed by atoms with E-state index in [0.717, 1.165) is 30.8 Å². The van der Waals surface area contributed by atoms with Gasteiger partial charge in [0, 0.05) is 25.7 Å². The van der Waals surface area contributed by atoms with Gasteiger partial charge in [-0.25, -0.2) is 4.98 Å². The van der Waals surface area contributed by atoms with E-state index in [9.17, 15) is 4.79 Å². The van der Waals surface area contributed by atoms with Crippen LogP contribution in [0.3, 0.4) is 0 Å². The molecule has 7 heteroatoms. The maximum atomic E-state index is 12.5. The van der Waals surface area contributed by atoms with Crippen LogP contribution in [0.5, 0.6) is 5.75 Å². The fourth-order valence-electron chi connectivity index (χ4n) is 4.13. The van der Waals surface area contributed by atoms with Crippen molar-refractivity contribution in [3.8, 4) is 5.75 Å². The molecule has 1 saturated heterocycles. The van der Waals surface area contributed by atoms with Crippen LogP contribution in [0.25, 0.3) is 0 Å². The third-order valence-electron chi connectivity index (χ3n) is 6.09. The number of carbonyl (C=O) groups excluding carboxylic acids is 1. The van der Waals surface area contributed by atoms with E-state index in [1.54, 1.807) is 0 Å². The molecule has 4 rings (SSSR count). The summed E-state index contributed by atoms with van der Waals surface area (Å²) in [5.41, 5.74) is 2.66. The molecule has 2 heterocycles. The van der Waals surface area contributed by atoms with Gasteiger partial charge in [0.05, 0.1) is 19.3 Å². The Labute approximate surface area is 201 Å². The Hall–Kier alpha value is -3.16. The molecule has 1 amide bonds. The number of amides is 1. The minimum Gasteiger partial charge on any atom is -0.494 e. The quantitative estimate of drug-likeness (QED) is 0.442. The van der Waals surface area contributed by atoms with Crippen molar-refractivity contribution >= 4 is 5.91 Å². The molecule has 1 N–H and O–H groups in total. The first kappa shape index (κ1) is 24.0. The number of benzene rings is 2. The molecular weight excluding hydrogens is 430 g/mol. The van der Waals surface area contributed by atoms with Crippen LogP contribution in [0.2, 0.25) is 0 Å². The van der Waals surface area contributed by atoms with E-state index >= 15 is 0 Å². The summed E-state index contributed by atoms with van der Waals surface area (Å²) in [6, 6.07) is 18.6. The van der Waals surface area contributed by atoms with Crippen molar-refractivity contribution in [1.82, 2.24) is 15.2 Å². The summed E-state index contributed by atoms with van der Waals surface area (Å²) < 4.78 is 16.8. The van der Waals surface area contributed by atoms with Gasteiger partial charge in [0.1, 0.15) is 12.0 Å². The molecule has 180 valence electrons. The van der Waals surface area contributed by atoms with Gasteiger partial charge in [-0.15, -0.1) is 0 Å². The molecule has 1 fully saturated rings. The molecule has 0 aliphatic carbocycles. The average molecular weight is 464 g/mol. The Balaban J connectivity index is 1.45. The highest BCUT2D eigenvalue weighted by atomic mass is 16.5. The largest absolute Gasteiger partial charge is 0.494 e. The Morgan fingerprint density at radius 2 is 1.97 bits per heavy atom. The molecule has 0 spiro atoms. The second-order valence-corrected chi connectivity index (χ2v) is 8.54. The predicted octanol–water partition coefficient (Wildman–Crippen LogP) is 4.75. The summed E-state index contributed by atoms with van der Waals surface area (Å²) in [5.74, 6) is 1.14. The standard InChI is InChI=1S/C27H33N3O4/c1-3-32-23-13-11-21(12-14-23)17-30(20(2)22-8-5-4-6-9-22)18-26-29-25(19-34-26)27(31)28-16-24-10-7-15-33-24/h4-6,8-9,11-14,19-20,24H,3,7,10,15-18H2,1-2H3,(H,28,31)/t20-,24-/m0/s1. The van der Waals surface area contributed by atoms with Gasteiger partial charge in [-0.05, 0) is 49.9 Å². The van der Waals surface area contributed by atoms with Gasteiger partial charge in [0.15, 0.2) is 5.69 Å². The van der Waals surface area contributed by atoms with E-state index in [4.69, 9.17) is 13.9 Å². The van der Waals surface area contributed by atoms with Crippen LogP contribution in [0, 0.1) is 0 Å². The van der Waals surface area contributed by atoms with Crippen LogP contribution >= 0.6 is 0 Å². The van der Waals surface area contributed by atoms with Crippen molar-refractivity contribution < 1.29 is 18.7 Å². The molecule has 2 aromatic carbocycles. The third kappa shape index (κ3) is 6.46. The monoisotopic (exact) mass is 463 g/mol. The van der Waals surface area contributed by atoms with Crippen molar-refractivity contribution in [1.29, 1.82) is 0 Å². The Morgan fingerprint density at radius 3 is 2.68 bits per heavy atom. The lowest BCUT2D eigenvalue weighted by atomic mass is 10.1. The van der Waals surface area contributed by atoms with Crippen LogP contribution in [0.4, 0.5) is 0 Å². The van der Waals surface area contributed by atoms with E-state index in [0.29, 0.717) is 37.8 Å². The second kappa shape index (κ2) is 11.8. The third-order valence-corrected chi connectivity index (χ3v) is 6.09. The fourth-order valence-corrected chi connectivity index (χ4v) is 4.13. The average Bonchev–Trinajstić information content (AvgIpc) is 3.56. The minimum absolute atomic E-state index is 0.0895. The molecule has 1 aliphatic heterocycles. The summed E-state index contributed by atoms with van der Waals surface area (Å²) in [5, 5.41) is 2.90. The molecule has 0 bridgehead atoms. The normalized spacial score (nSPS) is 16.5. The SMILES string of the molecule is CCOc1ccc(CN(Cc2nc(C(=O)NC[C@@H]3CCCO3)co2)[C@@H](C)c2ccccc2)cc1. The Kier molecular flexibility index (Phi) is 8.33. The molecular formula is C27H33N3O4. The first-order valence-electron chi connectivity index (χ1n) is 12.0. The van der Waals surface area contributed by atoms with Gasteiger partial charge in [-0.3, -0.25) is 9.69 Å². The van der Waals surface area contributed by atoms with Crippen molar-refractivity contribution in [2.24, 2.45) is 0 Å². The first-order chi connectivity index (χ1) is 16.6. The van der Waals surface area contributed by atoms with E-state index in [-0.39, 0.29) is 18.1 Å². The van der Waals surface area contributed by atoms with Gasteiger partial charge in [-0.2, -0.15) is 0 Å². The van der Waals surface area contributed by atoms with E-state index in [1.165, 1.54) is 11.8 Å². The van der Waals surface area contributed by atoms with Crippen molar-refractivity contribution in [3.63, 3.8) is 0 Å². The Bertz CT molecular complexity index is 1030. The van der Waals surface area contributed by atoms with Gasteiger partial charge in [0.25, 0.3) is 5.91 Å². The number of nitrogens with zero attached hydrogens (tertiary/aromatic N) is 2. The molecule has 2 atom stereocenters. The number of carbonyl (C=O) groups is 1. The smallest absolute Gasteiger partial charge is 0.273 e. The molecule has 0 radical (unpaired) electrons. The van der Waals surface area contributed by atoms with Crippen molar-refractivity contribution in [2.75, 3.05) is 19.8 Å². The zero-order chi connectivity index (χ0) is 23.8. The van der Waals surface area contributed by atoms with E-state index in [2.05, 4.69) is 46.4 Å². The number of oxazole rings is 1. The number of rotatable bonds is 11. The van der Waals surface area contributed by atoms with E-state index in [1.807, 2.05) is 37.3 Å². The number of hydrogen-bond acceptors (Lipinski definition) is 6. The summed E-state index contributed by atoms with van der Waals surface area (Å²) in [6.45, 7) is 7.22. The van der Waals surface area contributed by atoms with Crippen LogP contribution in [0.15, 0.2) is 65.3 Å². The highest BCUT2D eigenvalue weighted by Crippen LogP contribution is 2.25. The number of nitrogens with one attached hydrogen (secondary N) is 1. The van der Waals surface area contributed by atoms with E-state index < -0.39 is 0 Å². The molecule has 0 saturated carbocycles. The summed E-state index contributed by atoms with van der Waals surface area (Å²) >= 11 is 0.